The molecule has 1 aromatic carbocycles. The molecule has 0 aliphatic heterocycles. The van der Waals surface area contributed by atoms with Crippen molar-refractivity contribution in [3.8, 4) is 0 Å². The highest BCUT2D eigenvalue weighted by atomic mass is 19.1. The molecule has 5 nitrogen and oxygen atoms in total. The molecule has 0 atom stereocenters. The van der Waals surface area contributed by atoms with Gasteiger partial charge in [-0.1, -0.05) is 12.1 Å². The smallest absolute Gasteiger partial charge is 0.193 e. The second-order valence-corrected chi connectivity index (χ2v) is 6.22. The molecular formula is C19H28FN5. The molecule has 1 aromatic heterocycles. The van der Waals surface area contributed by atoms with Crippen LogP contribution in [0, 0.1) is 19.7 Å². The first-order valence-electron chi connectivity index (χ1n) is 8.74. The highest BCUT2D eigenvalue weighted by Crippen LogP contribution is 2.06. The van der Waals surface area contributed by atoms with Gasteiger partial charge in [0.05, 0.1) is 5.69 Å². The second-order valence-electron chi connectivity index (χ2n) is 6.22. The number of hydrogen-bond acceptors (Lipinski definition) is 2. The zero-order valence-electron chi connectivity index (χ0n) is 15.6. The monoisotopic (exact) mass is 345 g/mol. The molecule has 2 rings (SSSR count). The van der Waals surface area contributed by atoms with Crippen molar-refractivity contribution >= 4 is 5.96 Å². The predicted octanol–water partition coefficient (Wildman–Crippen LogP) is 3.13. The van der Waals surface area contributed by atoms with Crippen molar-refractivity contribution in [2.24, 2.45) is 4.99 Å². The largest absolute Gasteiger partial charge is 0.357 e. The summed E-state index contributed by atoms with van der Waals surface area (Å²) in [7, 11) is 1.99. The van der Waals surface area contributed by atoms with Gasteiger partial charge in [-0.3, -0.25) is 9.67 Å². The van der Waals surface area contributed by atoms with Crippen molar-refractivity contribution in [2.45, 2.75) is 40.3 Å². The molecule has 0 fully saturated rings. The van der Waals surface area contributed by atoms with E-state index in [2.05, 4.69) is 35.2 Å². The van der Waals surface area contributed by atoms with Crippen LogP contribution in [0.25, 0.3) is 0 Å². The van der Waals surface area contributed by atoms with Crippen molar-refractivity contribution in [3.63, 3.8) is 0 Å². The average molecular weight is 345 g/mol. The van der Waals surface area contributed by atoms with Crippen molar-refractivity contribution in [3.05, 3.63) is 53.1 Å². The number of aromatic nitrogens is 2. The molecule has 0 aliphatic carbocycles. The number of aliphatic imine (C=N–C) groups is 1. The first kappa shape index (κ1) is 19.0. The molecule has 6 heteroatoms. The lowest BCUT2D eigenvalue weighted by molar-refractivity contribution is 0.474. The maximum absolute atomic E-state index is 13.0. The van der Waals surface area contributed by atoms with Crippen LogP contribution in [-0.4, -0.2) is 40.8 Å². The first-order valence-corrected chi connectivity index (χ1v) is 8.74. The summed E-state index contributed by atoms with van der Waals surface area (Å²) in [5.74, 6) is 0.649. The number of aryl methyl sites for hydroxylation is 3. The Kier molecular flexibility index (Phi) is 6.98. The number of rotatable bonds is 7. The minimum atomic E-state index is -0.212. The van der Waals surface area contributed by atoms with Gasteiger partial charge in [0.2, 0.25) is 0 Å². The summed E-state index contributed by atoms with van der Waals surface area (Å²) in [5.41, 5.74) is 3.28. The fraction of sp³-hybridized carbons (Fsp3) is 0.474. The summed E-state index contributed by atoms with van der Waals surface area (Å²) in [6.07, 6.45) is 0.932. The summed E-state index contributed by atoms with van der Waals surface area (Å²) in [6.45, 7) is 9.22. The predicted molar refractivity (Wildman–Crippen MR) is 100 cm³/mol. The van der Waals surface area contributed by atoms with Gasteiger partial charge in [-0.05, 0) is 51.0 Å². The number of halogens is 1. The molecule has 0 spiro atoms. The van der Waals surface area contributed by atoms with Gasteiger partial charge in [0, 0.05) is 38.9 Å². The SMILES string of the molecule is CCNC(=NCCCn1nc(C)cc1C)N(C)Cc1ccc(F)cc1. The molecule has 0 bridgehead atoms. The quantitative estimate of drug-likeness (QED) is 0.476. The summed E-state index contributed by atoms with van der Waals surface area (Å²) < 4.78 is 15.0. The van der Waals surface area contributed by atoms with E-state index in [0.29, 0.717) is 6.54 Å². The highest BCUT2D eigenvalue weighted by Gasteiger charge is 2.07. The van der Waals surface area contributed by atoms with Crippen molar-refractivity contribution < 1.29 is 4.39 Å². The van der Waals surface area contributed by atoms with E-state index in [9.17, 15) is 4.39 Å². The van der Waals surface area contributed by atoms with E-state index in [1.807, 2.05) is 18.7 Å². The van der Waals surface area contributed by atoms with Gasteiger partial charge in [0.15, 0.2) is 5.96 Å². The molecule has 0 amide bonds. The van der Waals surface area contributed by atoms with Crippen LogP contribution in [0.4, 0.5) is 4.39 Å². The van der Waals surface area contributed by atoms with Gasteiger partial charge < -0.3 is 10.2 Å². The third-order valence-electron chi connectivity index (χ3n) is 3.92. The molecule has 1 N–H and O–H groups in total. The number of nitrogens with zero attached hydrogens (tertiary/aromatic N) is 4. The van der Waals surface area contributed by atoms with Gasteiger partial charge in [-0.15, -0.1) is 0 Å². The first-order chi connectivity index (χ1) is 12.0. The van der Waals surface area contributed by atoms with Crippen molar-refractivity contribution in [2.75, 3.05) is 20.1 Å². The van der Waals surface area contributed by atoms with Crippen LogP contribution in [0.1, 0.15) is 30.3 Å². The molecule has 0 aliphatic rings. The van der Waals surface area contributed by atoms with Gasteiger partial charge in [-0.25, -0.2) is 4.39 Å². The Morgan fingerprint density at radius 3 is 2.60 bits per heavy atom. The normalized spacial score (nSPS) is 11.6. The zero-order valence-corrected chi connectivity index (χ0v) is 15.6. The Balaban J connectivity index is 1.90. The molecule has 0 saturated heterocycles. The Morgan fingerprint density at radius 1 is 1.28 bits per heavy atom. The van der Waals surface area contributed by atoms with Gasteiger partial charge in [-0.2, -0.15) is 5.10 Å². The lowest BCUT2D eigenvalue weighted by Crippen LogP contribution is -2.38. The van der Waals surface area contributed by atoms with Crippen LogP contribution in [-0.2, 0) is 13.1 Å². The molecule has 25 heavy (non-hydrogen) atoms. The van der Waals surface area contributed by atoms with Crippen molar-refractivity contribution in [1.29, 1.82) is 0 Å². The van der Waals surface area contributed by atoms with E-state index < -0.39 is 0 Å². The van der Waals surface area contributed by atoms with Crippen LogP contribution in [0.3, 0.4) is 0 Å². The van der Waals surface area contributed by atoms with Crippen LogP contribution in [0.15, 0.2) is 35.3 Å². The summed E-state index contributed by atoms with van der Waals surface area (Å²) >= 11 is 0. The number of guanidine groups is 1. The topological polar surface area (TPSA) is 45.5 Å². The minimum Gasteiger partial charge on any atom is -0.357 e. The summed E-state index contributed by atoms with van der Waals surface area (Å²) in [6, 6.07) is 8.67. The number of benzene rings is 1. The lowest BCUT2D eigenvalue weighted by Gasteiger charge is -2.22. The van der Waals surface area contributed by atoms with E-state index in [-0.39, 0.29) is 5.82 Å². The standard InChI is InChI=1S/C19H28FN5/c1-5-21-19(24(4)14-17-7-9-18(20)10-8-17)22-11-6-12-25-16(3)13-15(2)23-25/h7-10,13H,5-6,11-12,14H2,1-4H3,(H,21,22). The Morgan fingerprint density at radius 2 is 2.00 bits per heavy atom. The summed E-state index contributed by atoms with van der Waals surface area (Å²) in [5, 5.41) is 7.78. The Bertz CT molecular complexity index is 690. The number of nitrogens with one attached hydrogen (secondary N) is 1. The van der Waals surface area contributed by atoms with Gasteiger partial charge in [0.1, 0.15) is 5.82 Å². The molecular weight excluding hydrogens is 317 g/mol. The second kappa shape index (κ2) is 9.20. The van der Waals surface area contributed by atoms with Crippen LogP contribution in [0.5, 0.6) is 0 Å². The highest BCUT2D eigenvalue weighted by molar-refractivity contribution is 5.79. The molecule has 0 unspecified atom stereocenters. The molecule has 1 heterocycles. The minimum absolute atomic E-state index is 0.212. The Hall–Kier alpha value is -2.37. The summed E-state index contributed by atoms with van der Waals surface area (Å²) in [4.78, 5) is 6.75. The van der Waals surface area contributed by atoms with E-state index in [1.54, 1.807) is 12.1 Å². The molecule has 0 radical (unpaired) electrons. The lowest BCUT2D eigenvalue weighted by atomic mass is 10.2. The van der Waals surface area contributed by atoms with E-state index in [1.165, 1.54) is 17.8 Å². The van der Waals surface area contributed by atoms with Crippen LogP contribution < -0.4 is 5.32 Å². The Labute approximate surface area is 149 Å². The van der Waals surface area contributed by atoms with E-state index in [0.717, 1.165) is 43.3 Å². The third-order valence-corrected chi connectivity index (χ3v) is 3.92. The maximum atomic E-state index is 13.0. The molecule has 2 aromatic rings. The fourth-order valence-corrected chi connectivity index (χ4v) is 2.71. The van der Waals surface area contributed by atoms with Gasteiger partial charge in [0.25, 0.3) is 0 Å². The van der Waals surface area contributed by atoms with Crippen LogP contribution in [0.2, 0.25) is 0 Å². The molecule has 0 saturated carbocycles. The van der Waals surface area contributed by atoms with Crippen molar-refractivity contribution in [1.82, 2.24) is 20.0 Å². The fourth-order valence-electron chi connectivity index (χ4n) is 2.71. The van der Waals surface area contributed by atoms with E-state index in [4.69, 9.17) is 4.99 Å². The van der Waals surface area contributed by atoms with Gasteiger partial charge >= 0.3 is 0 Å². The maximum Gasteiger partial charge on any atom is 0.193 e. The zero-order chi connectivity index (χ0) is 18.2. The van der Waals surface area contributed by atoms with Crippen LogP contribution >= 0.6 is 0 Å². The third kappa shape index (κ3) is 5.89. The average Bonchev–Trinajstić information content (AvgIpc) is 2.90. The van der Waals surface area contributed by atoms with E-state index >= 15 is 0 Å². The number of hydrogen-bond donors (Lipinski definition) is 1. The molecule has 136 valence electrons.